The molecule has 0 aromatic heterocycles. The van der Waals surface area contributed by atoms with Crippen molar-refractivity contribution in [2.24, 2.45) is 11.3 Å². The molecule has 0 aliphatic heterocycles. The van der Waals surface area contributed by atoms with Gasteiger partial charge in [0.05, 0.1) is 18.9 Å². The van der Waals surface area contributed by atoms with E-state index in [1.807, 2.05) is 13.8 Å². The number of ether oxygens (including phenoxy) is 1. The SMILES string of the molecule is COc1ccc([C@@H](C[N+](=O)[O-])C2C(=O)CC(C)(C)CC2=O)cc1. The van der Waals surface area contributed by atoms with Crippen LogP contribution < -0.4 is 4.74 Å². The highest BCUT2D eigenvalue weighted by Crippen LogP contribution is 2.40. The van der Waals surface area contributed by atoms with Crippen LogP contribution in [0.5, 0.6) is 5.75 Å². The molecule has 0 N–H and O–H groups in total. The monoisotopic (exact) mass is 319 g/mol. The van der Waals surface area contributed by atoms with Crippen LogP contribution in [-0.2, 0) is 9.59 Å². The lowest BCUT2D eigenvalue weighted by atomic mass is 9.66. The Hall–Kier alpha value is -2.24. The quantitative estimate of drug-likeness (QED) is 0.473. The molecule has 0 amide bonds. The van der Waals surface area contributed by atoms with Gasteiger partial charge in [-0.25, -0.2) is 0 Å². The second kappa shape index (κ2) is 6.48. The maximum atomic E-state index is 12.5. The first kappa shape index (κ1) is 17.1. The molecule has 0 unspecified atom stereocenters. The first-order valence-electron chi connectivity index (χ1n) is 7.55. The molecule has 6 heteroatoms. The molecule has 1 saturated carbocycles. The summed E-state index contributed by atoms with van der Waals surface area (Å²) in [6.45, 7) is 3.30. The van der Waals surface area contributed by atoms with Crippen molar-refractivity contribution in [3.05, 3.63) is 39.9 Å². The highest BCUT2D eigenvalue weighted by atomic mass is 16.6. The molecule has 0 bridgehead atoms. The lowest BCUT2D eigenvalue weighted by Gasteiger charge is -2.34. The van der Waals surface area contributed by atoms with Crippen LogP contribution in [0.1, 0.15) is 38.2 Å². The Morgan fingerprint density at radius 1 is 1.22 bits per heavy atom. The summed E-state index contributed by atoms with van der Waals surface area (Å²) < 4.78 is 5.08. The Morgan fingerprint density at radius 2 is 1.74 bits per heavy atom. The van der Waals surface area contributed by atoms with Gasteiger partial charge in [0.2, 0.25) is 6.54 Å². The fraction of sp³-hybridized carbons (Fsp3) is 0.529. The van der Waals surface area contributed by atoms with Gasteiger partial charge < -0.3 is 4.74 Å². The Bertz CT molecular complexity index is 600. The van der Waals surface area contributed by atoms with Gasteiger partial charge in [-0.15, -0.1) is 0 Å². The van der Waals surface area contributed by atoms with Crippen LogP contribution in [-0.4, -0.2) is 30.1 Å². The number of Topliss-reactive ketones (excluding diaryl/α,β-unsaturated/α-hetero) is 2. The second-order valence-electron chi connectivity index (χ2n) is 6.82. The number of benzene rings is 1. The molecule has 2 rings (SSSR count). The van der Waals surface area contributed by atoms with Crippen LogP contribution >= 0.6 is 0 Å². The Labute approximate surface area is 135 Å². The summed E-state index contributed by atoms with van der Waals surface area (Å²) >= 11 is 0. The summed E-state index contributed by atoms with van der Waals surface area (Å²) in [7, 11) is 1.53. The number of nitro groups is 1. The topological polar surface area (TPSA) is 86.5 Å². The van der Waals surface area contributed by atoms with E-state index in [1.54, 1.807) is 24.3 Å². The number of nitrogens with zero attached hydrogens (tertiary/aromatic N) is 1. The van der Waals surface area contributed by atoms with Crippen molar-refractivity contribution < 1.29 is 19.2 Å². The Balaban J connectivity index is 2.35. The zero-order valence-corrected chi connectivity index (χ0v) is 13.6. The Morgan fingerprint density at radius 3 is 2.17 bits per heavy atom. The van der Waals surface area contributed by atoms with Gasteiger partial charge in [0.25, 0.3) is 0 Å². The van der Waals surface area contributed by atoms with Gasteiger partial charge in [-0.2, -0.15) is 0 Å². The number of ketones is 2. The highest BCUT2D eigenvalue weighted by molar-refractivity contribution is 6.06. The minimum absolute atomic E-state index is 0.200. The zero-order chi connectivity index (χ0) is 17.2. The lowest BCUT2D eigenvalue weighted by Crippen LogP contribution is -2.42. The van der Waals surface area contributed by atoms with Crippen LogP contribution in [0.25, 0.3) is 0 Å². The van der Waals surface area contributed by atoms with E-state index in [2.05, 4.69) is 0 Å². The zero-order valence-electron chi connectivity index (χ0n) is 13.6. The lowest BCUT2D eigenvalue weighted by molar-refractivity contribution is -0.484. The molecule has 1 atom stereocenters. The molecule has 0 spiro atoms. The first-order valence-corrected chi connectivity index (χ1v) is 7.55. The van der Waals surface area contributed by atoms with E-state index >= 15 is 0 Å². The van der Waals surface area contributed by atoms with Crippen molar-refractivity contribution in [3.8, 4) is 5.75 Å². The van der Waals surface area contributed by atoms with Gasteiger partial charge >= 0.3 is 0 Å². The van der Waals surface area contributed by atoms with Gasteiger partial charge in [-0.1, -0.05) is 26.0 Å². The molecule has 0 heterocycles. The standard InChI is InChI=1S/C17H21NO5/c1-17(2)8-14(19)16(15(20)9-17)13(10-18(21)22)11-4-6-12(23-3)7-5-11/h4-7,13,16H,8-10H2,1-3H3/t13-/m1/s1. The predicted molar refractivity (Wildman–Crippen MR) is 84.1 cm³/mol. The van der Waals surface area contributed by atoms with E-state index in [4.69, 9.17) is 4.74 Å². The molecular weight excluding hydrogens is 298 g/mol. The van der Waals surface area contributed by atoms with Crippen molar-refractivity contribution in [3.63, 3.8) is 0 Å². The molecule has 0 saturated heterocycles. The third-order valence-corrected chi connectivity index (χ3v) is 4.29. The highest BCUT2D eigenvalue weighted by Gasteiger charge is 2.45. The summed E-state index contributed by atoms with van der Waals surface area (Å²) in [5.41, 5.74) is 0.248. The summed E-state index contributed by atoms with van der Waals surface area (Å²) in [6.07, 6.45) is 0.543. The molecule has 124 valence electrons. The minimum Gasteiger partial charge on any atom is -0.497 e. The number of hydrogen-bond acceptors (Lipinski definition) is 5. The van der Waals surface area contributed by atoms with Crippen molar-refractivity contribution in [1.29, 1.82) is 0 Å². The van der Waals surface area contributed by atoms with E-state index in [0.29, 0.717) is 11.3 Å². The normalized spacial score (nSPS) is 19.4. The fourth-order valence-corrected chi connectivity index (χ4v) is 3.27. The molecule has 1 fully saturated rings. The van der Waals surface area contributed by atoms with E-state index in [9.17, 15) is 19.7 Å². The molecule has 0 radical (unpaired) electrons. The average molecular weight is 319 g/mol. The van der Waals surface area contributed by atoms with Crippen molar-refractivity contribution in [1.82, 2.24) is 0 Å². The number of carbonyl (C=O) groups excluding carboxylic acids is 2. The average Bonchev–Trinajstić information content (AvgIpc) is 2.44. The molecular formula is C17H21NO5. The third kappa shape index (κ3) is 3.94. The molecule has 1 aromatic carbocycles. The Kier molecular flexibility index (Phi) is 4.82. The minimum atomic E-state index is -0.929. The number of rotatable bonds is 5. The van der Waals surface area contributed by atoms with Crippen LogP contribution in [0.3, 0.4) is 0 Å². The van der Waals surface area contributed by atoms with Gasteiger partial charge in [-0.05, 0) is 23.1 Å². The van der Waals surface area contributed by atoms with Crippen LogP contribution in [0, 0.1) is 21.4 Å². The van der Waals surface area contributed by atoms with E-state index in [1.165, 1.54) is 7.11 Å². The molecule has 6 nitrogen and oxygen atoms in total. The van der Waals surface area contributed by atoms with E-state index in [-0.39, 0.29) is 29.8 Å². The van der Waals surface area contributed by atoms with Crippen molar-refractivity contribution in [2.45, 2.75) is 32.6 Å². The van der Waals surface area contributed by atoms with Gasteiger partial charge in [0.1, 0.15) is 17.3 Å². The fourth-order valence-electron chi connectivity index (χ4n) is 3.27. The smallest absolute Gasteiger partial charge is 0.211 e. The summed E-state index contributed by atoms with van der Waals surface area (Å²) in [4.78, 5) is 35.5. The summed E-state index contributed by atoms with van der Waals surface area (Å²) in [5.74, 6) is -1.44. The van der Waals surface area contributed by atoms with Crippen LogP contribution in [0.2, 0.25) is 0 Å². The summed E-state index contributed by atoms with van der Waals surface area (Å²) in [6, 6.07) is 6.74. The molecule has 1 aromatic rings. The predicted octanol–water partition coefficient (Wildman–Crippen LogP) is 2.63. The number of hydrogen-bond donors (Lipinski definition) is 0. The molecule has 23 heavy (non-hydrogen) atoms. The number of methoxy groups -OCH3 is 1. The maximum absolute atomic E-state index is 12.5. The summed E-state index contributed by atoms with van der Waals surface area (Å²) in [5, 5.41) is 11.0. The molecule has 1 aliphatic carbocycles. The second-order valence-corrected chi connectivity index (χ2v) is 6.82. The van der Waals surface area contributed by atoms with Gasteiger partial charge in [0.15, 0.2) is 0 Å². The largest absolute Gasteiger partial charge is 0.497 e. The van der Waals surface area contributed by atoms with Gasteiger partial charge in [0, 0.05) is 17.8 Å². The molecule has 1 aliphatic rings. The van der Waals surface area contributed by atoms with Gasteiger partial charge in [-0.3, -0.25) is 19.7 Å². The first-order chi connectivity index (χ1) is 10.7. The number of carbonyl (C=O) groups is 2. The van der Waals surface area contributed by atoms with Crippen LogP contribution in [0.15, 0.2) is 24.3 Å². The van der Waals surface area contributed by atoms with E-state index in [0.717, 1.165) is 0 Å². The third-order valence-electron chi connectivity index (χ3n) is 4.29. The maximum Gasteiger partial charge on any atom is 0.211 e. The van der Waals surface area contributed by atoms with Crippen LogP contribution in [0.4, 0.5) is 0 Å². The van der Waals surface area contributed by atoms with Crippen molar-refractivity contribution in [2.75, 3.05) is 13.7 Å². The van der Waals surface area contributed by atoms with Crippen molar-refractivity contribution >= 4 is 11.6 Å². The van der Waals surface area contributed by atoms with E-state index < -0.39 is 23.3 Å².